The van der Waals surface area contributed by atoms with Crippen molar-refractivity contribution >= 4 is 11.6 Å². The molecule has 0 saturated heterocycles. The Hall–Kier alpha value is -2.65. The molecule has 25 heavy (non-hydrogen) atoms. The maximum Gasteiger partial charge on any atom is 0.416 e. The fourth-order valence-corrected chi connectivity index (χ4v) is 1.87. The van der Waals surface area contributed by atoms with Crippen molar-refractivity contribution < 1.29 is 39.9 Å². The third kappa shape index (κ3) is 4.46. The number of hydrogen-bond donors (Lipinski definition) is 1. The molecular weight excluding hydrogens is 362 g/mol. The summed E-state index contributed by atoms with van der Waals surface area (Å²) in [7, 11) is 0. The third-order valence-corrected chi connectivity index (χ3v) is 3.03. The molecule has 0 bridgehead atoms. The molecule has 0 fully saturated rings. The number of alkyl halides is 6. The molecule has 2 nitrogen and oxygen atoms in total. The van der Waals surface area contributed by atoms with E-state index in [1.54, 1.807) is 5.32 Å². The second-order valence-corrected chi connectivity index (χ2v) is 4.87. The molecule has 0 saturated carbocycles. The molecule has 1 N–H and O–H groups in total. The third-order valence-electron chi connectivity index (χ3n) is 3.03. The van der Waals surface area contributed by atoms with Crippen LogP contribution in [0.4, 0.5) is 40.8 Å². The average Bonchev–Trinajstić information content (AvgIpc) is 2.47. The number of nitrogens with one attached hydrogen (secondary N) is 1. The molecule has 0 aliphatic rings. The quantitative estimate of drug-likeness (QED) is 0.720. The Balaban J connectivity index is 2.44. The van der Waals surface area contributed by atoms with E-state index in [0.717, 1.165) is 12.1 Å². The number of carbonyl (C=O) groups excluding carboxylic acids is 1. The molecule has 0 heterocycles. The highest BCUT2D eigenvalue weighted by molar-refractivity contribution is 6.04. The van der Waals surface area contributed by atoms with Crippen molar-refractivity contribution in [2.24, 2.45) is 0 Å². The zero-order chi connectivity index (χ0) is 19.0. The van der Waals surface area contributed by atoms with Gasteiger partial charge >= 0.3 is 12.4 Å². The van der Waals surface area contributed by atoms with Crippen molar-refractivity contribution in [3.63, 3.8) is 0 Å². The van der Waals surface area contributed by atoms with Gasteiger partial charge in [0.05, 0.1) is 16.8 Å². The normalized spacial score (nSPS) is 12.2. The Morgan fingerprint density at radius 1 is 0.800 bits per heavy atom. The molecule has 134 valence electrons. The summed E-state index contributed by atoms with van der Waals surface area (Å²) < 4.78 is 103. The minimum atomic E-state index is -5.13. The maximum absolute atomic E-state index is 13.4. The van der Waals surface area contributed by atoms with Gasteiger partial charge in [0, 0.05) is 11.6 Å². The van der Waals surface area contributed by atoms with Crippen molar-refractivity contribution in [1.82, 2.24) is 0 Å². The van der Waals surface area contributed by atoms with Gasteiger partial charge in [-0.2, -0.15) is 26.3 Å². The van der Waals surface area contributed by atoms with Gasteiger partial charge in [-0.05, 0) is 30.3 Å². The predicted octanol–water partition coefficient (Wildman–Crippen LogP) is 5.25. The molecule has 0 aliphatic carbocycles. The number of carbonyl (C=O) groups is 1. The lowest BCUT2D eigenvalue weighted by atomic mass is 10.0. The van der Waals surface area contributed by atoms with Gasteiger partial charge in [0.2, 0.25) is 0 Å². The summed E-state index contributed by atoms with van der Waals surface area (Å²) in [6.45, 7) is 0. The first-order chi connectivity index (χ1) is 11.4. The molecule has 2 aromatic rings. The van der Waals surface area contributed by atoms with Crippen molar-refractivity contribution in [2.45, 2.75) is 12.4 Å². The fraction of sp³-hybridized carbons (Fsp3) is 0.133. The average molecular weight is 369 g/mol. The van der Waals surface area contributed by atoms with Crippen molar-refractivity contribution in [2.75, 3.05) is 5.32 Å². The number of hydrogen-bond acceptors (Lipinski definition) is 1. The van der Waals surface area contributed by atoms with Crippen LogP contribution in [0.1, 0.15) is 21.5 Å². The highest BCUT2D eigenvalue weighted by Crippen LogP contribution is 2.36. The van der Waals surface area contributed by atoms with Crippen LogP contribution in [0.3, 0.4) is 0 Å². The van der Waals surface area contributed by atoms with Gasteiger partial charge in [0.25, 0.3) is 5.91 Å². The highest BCUT2D eigenvalue weighted by Gasteiger charge is 2.37. The Morgan fingerprint density at radius 2 is 1.32 bits per heavy atom. The SMILES string of the molecule is O=C(Nc1ccc(F)cc1F)c1cc(C(F)(F)F)cc(C(F)(F)F)c1. The summed E-state index contributed by atoms with van der Waals surface area (Å²) in [6.07, 6.45) is -10.3. The summed E-state index contributed by atoms with van der Waals surface area (Å²) in [6, 6.07) is 2.18. The van der Waals surface area contributed by atoms with E-state index in [2.05, 4.69) is 0 Å². The van der Waals surface area contributed by atoms with E-state index in [1.165, 1.54) is 0 Å². The molecular formula is C15H7F8NO. The molecule has 0 unspecified atom stereocenters. The largest absolute Gasteiger partial charge is 0.416 e. The van der Waals surface area contributed by atoms with Crippen LogP contribution < -0.4 is 5.32 Å². The maximum atomic E-state index is 13.4. The summed E-state index contributed by atoms with van der Waals surface area (Å²) in [5.74, 6) is -3.63. The van der Waals surface area contributed by atoms with E-state index in [1.807, 2.05) is 0 Å². The van der Waals surface area contributed by atoms with E-state index < -0.39 is 52.3 Å². The van der Waals surface area contributed by atoms with Crippen molar-refractivity contribution in [3.05, 3.63) is 64.7 Å². The highest BCUT2D eigenvalue weighted by atomic mass is 19.4. The first-order valence-electron chi connectivity index (χ1n) is 6.44. The Kier molecular flexibility index (Phi) is 4.74. The minimum absolute atomic E-state index is 0.144. The van der Waals surface area contributed by atoms with E-state index in [9.17, 15) is 39.9 Å². The molecule has 2 aromatic carbocycles. The lowest BCUT2D eigenvalue weighted by molar-refractivity contribution is -0.143. The number of halogens is 8. The second-order valence-electron chi connectivity index (χ2n) is 4.87. The van der Waals surface area contributed by atoms with E-state index in [-0.39, 0.29) is 18.2 Å². The van der Waals surface area contributed by atoms with Crippen LogP contribution in [0.2, 0.25) is 0 Å². The lowest BCUT2D eigenvalue weighted by Crippen LogP contribution is -2.17. The van der Waals surface area contributed by atoms with Gasteiger partial charge in [-0.25, -0.2) is 8.78 Å². The first-order valence-corrected chi connectivity index (χ1v) is 6.44. The summed E-state index contributed by atoms with van der Waals surface area (Å²) >= 11 is 0. The number of rotatable bonds is 2. The van der Waals surface area contributed by atoms with Crippen molar-refractivity contribution in [3.8, 4) is 0 Å². The van der Waals surface area contributed by atoms with Gasteiger partial charge in [-0.1, -0.05) is 0 Å². The molecule has 2 rings (SSSR count). The molecule has 0 radical (unpaired) electrons. The van der Waals surface area contributed by atoms with E-state index >= 15 is 0 Å². The monoisotopic (exact) mass is 369 g/mol. The van der Waals surface area contributed by atoms with E-state index in [4.69, 9.17) is 0 Å². The van der Waals surface area contributed by atoms with Gasteiger partial charge < -0.3 is 5.32 Å². The lowest BCUT2D eigenvalue weighted by Gasteiger charge is -2.14. The van der Waals surface area contributed by atoms with Crippen LogP contribution in [0.25, 0.3) is 0 Å². The van der Waals surface area contributed by atoms with Gasteiger partial charge in [0.1, 0.15) is 11.6 Å². The molecule has 10 heteroatoms. The molecule has 0 aliphatic heterocycles. The Morgan fingerprint density at radius 3 is 1.76 bits per heavy atom. The second kappa shape index (κ2) is 6.34. The first kappa shape index (κ1) is 18.7. The summed E-state index contributed by atoms with van der Waals surface area (Å²) in [5, 5.41) is 1.80. The van der Waals surface area contributed by atoms with E-state index in [0.29, 0.717) is 6.07 Å². The Labute approximate surface area is 135 Å². The molecule has 0 atom stereocenters. The number of benzene rings is 2. The number of anilines is 1. The molecule has 0 aromatic heterocycles. The van der Waals surface area contributed by atoms with Crippen LogP contribution in [-0.2, 0) is 12.4 Å². The smallest absolute Gasteiger partial charge is 0.319 e. The fourth-order valence-electron chi connectivity index (χ4n) is 1.87. The Bertz CT molecular complexity index is 778. The zero-order valence-corrected chi connectivity index (χ0v) is 11.9. The van der Waals surface area contributed by atoms with Crippen LogP contribution in [-0.4, -0.2) is 5.91 Å². The van der Waals surface area contributed by atoms with Gasteiger partial charge in [-0.3, -0.25) is 4.79 Å². The summed E-state index contributed by atoms with van der Waals surface area (Å²) in [4.78, 5) is 11.9. The van der Waals surface area contributed by atoms with Gasteiger partial charge in [-0.15, -0.1) is 0 Å². The predicted molar refractivity (Wildman–Crippen MR) is 70.8 cm³/mol. The molecule has 1 amide bonds. The van der Waals surface area contributed by atoms with Crippen LogP contribution in [0.5, 0.6) is 0 Å². The number of amides is 1. The summed E-state index contributed by atoms with van der Waals surface area (Å²) in [5.41, 5.74) is -4.96. The zero-order valence-electron chi connectivity index (χ0n) is 11.9. The van der Waals surface area contributed by atoms with Crippen LogP contribution in [0.15, 0.2) is 36.4 Å². The van der Waals surface area contributed by atoms with Crippen molar-refractivity contribution in [1.29, 1.82) is 0 Å². The van der Waals surface area contributed by atoms with Crippen LogP contribution >= 0.6 is 0 Å². The van der Waals surface area contributed by atoms with Gasteiger partial charge in [0.15, 0.2) is 0 Å². The van der Waals surface area contributed by atoms with Crippen LogP contribution in [0, 0.1) is 11.6 Å². The minimum Gasteiger partial charge on any atom is -0.319 e. The standard InChI is InChI=1S/C15H7F8NO/c16-10-1-2-12(11(17)6-10)24-13(25)7-3-8(14(18,19)20)5-9(4-7)15(21,22)23/h1-6H,(H,24,25). The molecule has 0 spiro atoms. The topological polar surface area (TPSA) is 29.1 Å².